The van der Waals surface area contributed by atoms with Crippen LogP contribution in [0.25, 0.3) is 0 Å². The number of nitrogens with one attached hydrogen (secondary N) is 1. The monoisotopic (exact) mass is 388 g/mol. The van der Waals surface area contributed by atoms with Crippen molar-refractivity contribution in [3.8, 4) is 0 Å². The van der Waals surface area contributed by atoms with Gasteiger partial charge in [0.25, 0.3) is 5.91 Å². The van der Waals surface area contributed by atoms with Gasteiger partial charge in [0.2, 0.25) is 5.91 Å². The zero-order valence-electron chi connectivity index (χ0n) is 15.2. The van der Waals surface area contributed by atoms with Gasteiger partial charge >= 0.3 is 0 Å². The molecule has 1 N–H and O–H groups in total. The molecule has 0 spiro atoms. The molecule has 27 heavy (non-hydrogen) atoms. The number of morpholine rings is 1. The zero-order chi connectivity index (χ0) is 19.2. The predicted octanol–water partition coefficient (Wildman–Crippen LogP) is 1.97. The molecule has 2 aromatic rings. The number of aromatic amines is 1. The fraction of sp³-hybridized carbons (Fsp3) is 0.421. The van der Waals surface area contributed by atoms with E-state index < -0.39 is 5.54 Å². The van der Waals surface area contributed by atoms with E-state index in [2.05, 4.69) is 10.2 Å². The molecular weight excluding hydrogens is 368 g/mol. The van der Waals surface area contributed by atoms with E-state index >= 15 is 0 Å². The molecule has 2 saturated heterocycles. The van der Waals surface area contributed by atoms with Crippen LogP contribution in [0.4, 0.5) is 0 Å². The molecule has 0 aliphatic carbocycles. The Hall–Kier alpha value is -2.38. The number of aryl methyl sites for hydroxylation is 1. The Morgan fingerprint density at radius 3 is 2.78 bits per heavy atom. The lowest BCUT2D eigenvalue weighted by atomic mass is 9.76. The Morgan fingerprint density at radius 2 is 2.11 bits per heavy atom. The maximum Gasteiger partial charge on any atom is 0.276 e. The minimum absolute atomic E-state index is 0.0139. The molecule has 0 saturated carbocycles. The van der Waals surface area contributed by atoms with Crippen LogP contribution in [0.5, 0.6) is 0 Å². The number of carbonyl (C=O) groups is 2. The van der Waals surface area contributed by atoms with Crippen molar-refractivity contribution >= 4 is 23.4 Å². The van der Waals surface area contributed by atoms with E-state index in [0.29, 0.717) is 30.2 Å². The third-order valence-corrected chi connectivity index (χ3v) is 6.16. The molecule has 142 valence electrons. The number of nitrogens with zero attached hydrogens (tertiary/aromatic N) is 3. The van der Waals surface area contributed by atoms with Gasteiger partial charge in [0.1, 0.15) is 12.7 Å². The summed E-state index contributed by atoms with van der Waals surface area (Å²) in [6.45, 7) is 2.63. The second-order valence-corrected chi connectivity index (χ2v) is 7.43. The van der Waals surface area contributed by atoms with Gasteiger partial charge in [0.05, 0.1) is 16.3 Å². The highest BCUT2D eigenvalue weighted by Crippen LogP contribution is 2.42. The molecular formula is C19H21ClN4O3. The quantitative estimate of drug-likeness (QED) is 0.853. The van der Waals surface area contributed by atoms with Gasteiger partial charge in [-0.2, -0.15) is 5.10 Å². The average Bonchev–Trinajstić information content (AvgIpc) is 3.03. The van der Waals surface area contributed by atoms with Crippen molar-refractivity contribution in [3.63, 3.8) is 0 Å². The van der Waals surface area contributed by atoms with E-state index in [1.807, 2.05) is 37.4 Å². The van der Waals surface area contributed by atoms with Crippen molar-refractivity contribution in [3.05, 3.63) is 52.3 Å². The number of H-pyrrole nitrogens is 1. The number of halogens is 1. The van der Waals surface area contributed by atoms with E-state index in [1.54, 1.807) is 16.7 Å². The van der Waals surface area contributed by atoms with Gasteiger partial charge in [-0.15, -0.1) is 0 Å². The van der Waals surface area contributed by atoms with Gasteiger partial charge in [-0.1, -0.05) is 41.9 Å². The van der Waals surface area contributed by atoms with Crippen molar-refractivity contribution in [2.24, 2.45) is 0 Å². The van der Waals surface area contributed by atoms with Crippen molar-refractivity contribution in [2.45, 2.75) is 25.0 Å². The first-order valence-corrected chi connectivity index (χ1v) is 9.26. The lowest BCUT2D eigenvalue weighted by molar-refractivity contribution is -0.180. The standard InChI is InChI=1S/C19H21ClN4O3/c1-12-16(20)17(22-21-12)18(26)24-9-8-19(13-6-4-3-5-7-13)14(10-24)27-11-15(25)23(19)2/h3-7,14H,8-11H2,1-2H3,(H,21,22)/t14-,19+/m1/s1. The maximum absolute atomic E-state index is 12.9. The van der Waals surface area contributed by atoms with Gasteiger partial charge < -0.3 is 14.5 Å². The highest BCUT2D eigenvalue weighted by Gasteiger charge is 2.53. The SMILES string of the molecule is Cc1[nH]nc(C(=O)N2CC[C@]3(c4ccccc4)[C@@H](C2)OCC(=O)N3C)c1Cl. The van der Waals surface area contributed by atoms with E-state index in [9.17, 15) is 9.59 Å². The average molecular weight is 389 g/mol. The lowest BCUT2D eigenvalue weighted by Gasteiger charge is -2.54. The van der Waals surface area contributed by atoms with Crippen LogP contribution >= 0.6 is 11.6 Å². The number of hydrogen-bond donors (Lipinski definition) is 1. The number of likely N-dealkylation sites (tertiary alicyclic amines) is 1. The first-order valence-electron chi connectivity index (χ1n) is 8.88. The molecule has 2 amide bonds. The van der Waals surface area contributed by atoms with Gasteiger partial charge in [-0.25, -0.2) is 0 Å². The summed E-state index contributed by atoms with van der Waals surface area (Å²) >= 11 is 6.20. The molecule has 3 heterocycles. The summed E-state index contributed by atoms with van der Waals surface area (Å²) in [6.07, 6.45) is 0.260. The minimum atomic E-state index is -0.585. The Kier molecular flexibility index (Phi) is 4.44. The van der Waals surface area contributed by atoms with Crippen LogP contribution in [-0.2, 0) is 15.1 Å². The molecule has 4 rings (SSSR count). The van der Waals surface area contributed by atoms with E-state index in [4.69, 9.17) is 16.3 Å². The van der Waals surface area contributed by atoms with Crippen LogP contribution in [-0.4, -0.2) is 64.7 Å². The highest BCUT2D eigenvalue weighted by molar-refractivity contribution is 6.34. The predicted molar refractivity (Wildman–Crippen MR) is 99.5 cm³/mol. The van der Waals surface area contributed by atoms with Crippen LogP contribution in [0, 0.1) is 6.92 Å². The maximum atomic E-state index is 12.9. The number of carbonyl (C=O) groups excluding carboxylic acids is 2. The van der Waals surface area contributed by atoms with E-state index in [1.165, 1.54) is 0 Å². The second kappa shape index (κ2) is 6.65. The summed E-state index contributed by atoms with van der Waals surface area (Å²) in [5.74, 6) is -0.282. The summed E-state index contributed by atoms with van der Waals surface area (Å²) in [4.78, 5) is 28.8. The molecule has 2 atom stereocenters. The fourth-order valence-corrected chi connectivity index (χ4v) is 4.28. The second-order valence-electron chi connectivity index (χ2n) is 7.06. The van der Waals surface area contributed by atoms with Crippen molar-refractivity contribution in [1.82, 2.24) is 20.0 Å². The van der Waals surface area contributed by atoms with Crippen molar-refractivity contribution in [1.29, 1.82) is 0 Å². The highest BCUT2D eigenvalue weighted by atomic mass is 35.5. The number of fused-ring (bicyclic) bond motifs is 1. The van der Waals surface area contributed by atoms with E-state index in [0.717, 1.165) is 5.56 Å². The van der Waals surface area contributed by atoms with Gasteiger partial charge in [-0.05, 0) is 18.9 Å². The summed E-state index contributed by atoms with van der Waals surface area (Å²) in [6, 6.07) is 9.88. The van der Waals surface area contributed by atoms with Crippen LogP contribution in [0.2, 0.25) is 5.02 Å². The van der Waals surface area contributed by atoms with Crippen LogP contribution < -0.4 is 0 Å². The first-order chi connectivity index (χ1) is 12.9. The Labute approximate surface area is 162 Å². The summed E-state index contributed by atoms with van der Waals surface area (Å²) < 4.78 is 5.93. The number of hydrogen-bond acceptors (Lipinski definition) is 4. The molecule has 0 bridgehead atoms. The molecule has 0 radical (unpaired) electrons. The molecule has 2 aliphatic rings. The third kappa shape index (κ3) is 2.73. The molecule has 2 fully saturated rings. The van der Waals surface area contributed by atoms with E-state index in [-0.39, 0.29) is 30.2 Å². The minimum Gasteiger partial charge on any atom is -0.364 e. The summed E-state index contributed by atoms with van der Waals surface area (Å²) in [5, 5.41) is 7.13. The number of benzene rings is 1. The smallest absolute Gasteiger partial charge is 0.276 e. The number of ether oxygens (including phenoxy) is 1. The summed E-state index contributed by atoms with van der Waals surface area (Å²) in [7, 11) is 1.82. The van der Waals surface area contributed by atoms with Crippen molar-refractivity contribution < 1.29 is 14.3 Å². The van der Waals surface area contributed by atoms with Crippen molar-refractivity contribution in [2.75, 3.05) is 26.7 Å². The number of rotatable bonds is 2. The number of amides is 2. The van der Waals surface area contributed by atoms with Crippen LogP contribution in [0.3, 0.4) is 0 Å². The molecule has 0 unspecified atom stereocenters. The zero-order valence-corrected chi connectivity index (χ0v) is 16.0. The summed E-state index contributed by atoms with van der Waals surface area (Å²) in [5.41, 5.74) is 1.32. The fourth-order valence-electron chi connectivity index (χ4n) is 4.12. The van der Waals surface area contributed by atoms with Crippen LogP contribution in [0.15, 0.2) is 30.3 Å². The molecule has 8 heteroatoms. The largest absolute Gasteiger partial charge is 0.364 e. The van der Waals surface area contributed by atoms with Gasteiger partial charge in [-0.3, -0.25) is 14.7 Å². The third-order valence-electron chi connectivity index (χ3n) is 5.70. The Morgan fingerprint density at radius 1 is 1.37 bits per heavy atom. The Balaban J connectivity index is 1.66. The van der Waals surface area contributed by atoms with Gasteiger partial charge in [0, 0.05) is 20.1 Å². The first kappa shape index (κ1) is 18.0. The van der Waals surface area contributed by atoms with Crippen LogP contribution in [0.1, 0.15) is 28.2 Å². The number of piperidine rings is 1. The number of likely N-dealkylation sites (N-methyl/N-ethyl adjacent to an activating group) is 1. The molecule has 2 aliphatic heterocycles. The Bertz CT molecular complexity index is 884. The topological polar surface area (TPSA) is 78.5 Å². The molecule has 7 nitrogen and oxygen atoms in total. The van der Waals surface area contributed by atoms with Gasteiger partial charge in [0.15, 0.2) is 5.69 Å². The number of aromatic nitrogens is 2. The molecule has 1 aromatic heterocycles. The lowest BCUT2D eigenvalue weighted by Crippen LogP contribution is -2.67. The normalized spacial score (nSPS) is 25.4. The molecule has 1 aromatic carbocycles.